The fourth-order valence-corrected chi connectivity index (χ4v) is 3.43. The molecule has 0 saturated heterocycles. The molecule has 0 bridgehead atoms. The Morgan fingerprint density at radius 3 is 2.46 bits per heavy atom. The van der Waals surface area contributed by atoms with Gasteiger partial charge >= 0.3 is 0 Å². The maximum Gasteiger partial charge on any atom is 0.240 e. The molecule has 0 spiro atoms. The molecule has 0 aromatic heterocycles. The summed E-state index contributed by atoms with van der Waals surface area (Å²) < 4.78 is 36.2. The Balaban J connectivity index is 1.94. The van der Waals surface area contributed by atoms with Crippen LogP contribution in [0.25, 0.3) is 0 Å². The highest BCUT2D eigenvalue weighted by atomic mass is 32.2. The van der Waals surface area contributed by atoms with Gasteiger partial charge in [0.2, 0.25) is 15.9 Å². The molecule has 7 nitrogen and oxygen atoms in total. The summed E-state index contributed by atoms with van der Waals surface area (Å²) in [5, 5.41) is 2.68. The molecule has 2 rings (SSSR count). The van der Waals surface area contributed by atoms with Gasteiger partial charge in [0, 0.05) is 0 Å². The molecule has 1 N–H and O–H groups in total. The normalized spacial score (nSPS) is 11.0. The number of benzene rings is 2. The van der Waals surface area contributed by atoms with Gasteiger partial charge in [-0.1, -0.05) is 18.2 Å². The molecule has 0 fully saturated rings. The number of hydrogen-bond acceptors (Lipinski definition) is 5. The second kappa shape index (κ2) is 9.45. The monoisotopic (exact) mass is 406 g/mol. The van der Waals surface area contributed by atoms with Crippen LogP contribution in [0.3, 0.4) is 0 Å². The highest BCUT2D eigenvalue weighted by Gasteiger charge is 2.23. The molecule has 8 heteroatoms. The Morgan fingerprint density at radius 2 is 1.82 bits per heavy atom. The van der Waals surface area contributed by atoms with Gasteiger partial charge in [-0.2, -0.15) is 0 Å². The van der Waals surface area contributed by atoms with E-state index in [0.717, 1.165) is 21.9 Å². The van der Waals surface area contributed by atoms with E-state index in [-0.39, 0.29) is 19.7 Å². The number of amides is 1. The first-order chi connectivity index (χ1) is 13.2. The first-order valence-electron chi connectivity index (χ1n) is 8.80. The Morgan fingerprint density at radius 1 is 1.11 bits per heavy atom. The molecule has 0 radical (unpaired) electrons. The average molecular weight is 407 g/mol. The van der Waals surface area contributed by atoms with Crippen molar-refractivity contribution < 1.29 is 22.7 Å². The first-order valence-corrected chi connectivity index (χ1v) is 10.6. The lowest BCUT2D eigenvalue weighted by molar-refractivity contribution is -0.119. The fraction of sp³-hybridized carbons (Fsp3) is 0.350. The lowest BCUT2D eigenvalue weighted by Gasteiger charge is -2.23. The number of rotatable bonds is 9. The van der Waals surface area contributed by atoms with E-state index in [4.69, 9.17) is 9.47 Å². The molecule has 0 unspecified atom stereocenters. The van der Waals surface area contributed by atoms with E-state index >= 15 is 0 Å². The average Bonchev–Trinajstić information content (AvgIpc) is 2.65. The Hall–Kier alpha value is -2.74. The number of ether oxygens (including phenoxy) is 2. The van der Waals surface area contributed by atoms with E-state index < -0.39 is 15.9 Å². The molecule has 0 atom stereocenters. The third kappa shape index (κ3) is 5.88. The van der Waals surface area contributed by atoms with E-state index in [1.807, 2.05) is 32.0 Å². The number of aryl methyl sites for hydroxylation is 2. The summed E-state index contributed by atoms with van der Waals surface area (Å²) in [6.07, 6.45) is 1.05. The summed E-state index contributed by atoms with van der Waals surface area (Å²) in [5.74, 6) is 0.669. The zero-order valence-corrected chi connectivity index (χ0v) is 17.4. The second-order valence-electron chi connectivity index (χ2n) is 6.39. The zero-order valence-electron chi connectivity index (χ0n) is 16.6. The van der Waals surface area contributed by atoms with Gasteiger partial charge in [0.25, 0.3) is 0 Å². The minimum Gasteiger partial charge on any atom is -0.495 e. The molecular formula is C20H26N2O5S. The fourth-order valence-electron chi connectivity index (χ4n) is 2.57. The van der Waals surface area contributed by atoms with E-state index in [1.54, 1.807) is 24.3 Å². The summed E-state index contributed by atoms with van der Waals surface area (Å²) in [5.41, 5.74) is 2.62. The Labute approximate surface area is 166 Å². The van der Waals surface area contributed by atoms with Crippen LogP contribution in [0, 0.1) is 13.8 Å². The van der Waals surface area contributed by atoms with Crippen molar-refractivity contribution in [2.24, 2.45) is 0 Å². The molecule has 0 aliphatic heterocycles. The van der Waals surface area contributed by atoms with Gasteiger partial charge in [0.15, 0.2) is 0 Å². The summed E-state index contributed by atoms with van der Waals surface area (Å²) in [6, 6.07) is 12.4. The van der Waals surface area contributed by atoms with E-state index in [1.165, 1.54) is 12.7 Å². The Kier molecular flexibility index (Phi) is 7.28. The number of para-hydroxylation sites is 2. The lowest BCUT2D eigenvalue weighted by Crippen LogP contribution is -2.41. The van der Waals surface area contributed by atoms with Crippen LogP contribution in [-0.4, -0.2) is 47.4 Å². The van der Waals surface area contributed by atoms with Crippen LogP contribution in [0.15, 0.2) is 42.5 Å². The number of nitrogens with one attached hydrogen (secondary N) is 1. The van der Waals surface area contributed by atoms with Crippen LogP contribution < -0.4 is 19.1 Å². The van der Waals surface area contributed by atoms with Crippen molar-refractivity contribution in [3.8, 4) is 11.5 Å². The number of nitrogens with zero attached hydrogens (tertiary/aromatic N) is 1. The summed E-state index contributed by atoms with van der Waals surface area (Å²) >= 11 is 0. The molecule has 2 aromatic rings. The SMILES string of the molecule is COc1ccccc1N(CC(=O)NCCOc1ccc(C)c(C)c1)S(C)(=O)=O. The van der Waals surface area contributed by atoms with Crippen LogP contribution >= 0.6 is 0 Å². The van der Waals surface area contributed by atoms with Crippen LogP contribution in [0.4, 0.5) is 5.69 Å². The highest BCUT2D eigenvalue weighted by Crippen LogP contribution is 2.29. The highest BCUT2D eigenvalue weighted by molar-refractivity contribution is 7.92. The van der Waals surface area contributed by atoms with Crippen LogP contribution in [0.2, 0.25) is 0 Å². The van der Waals surface area contributed by atoms with E-state index in [2.05, 4.69) is 5.32 Å². The molecule has 2 aromatic carbocycles. The van der Waals surface area contributed by atoms with Gasteiger partial charge < -0.3 is 14.8 Å². The maximum absolute atomic E-state index is 12.3. The quantitative estimate of drug-likeness (QED) is 0.646. The first kappa shape index (κ1) is 21.6. The lowest BCUT2D eigenvalue weighted by atomic mass is 10.1. The summed E-state index contributed by atoms with van der Waals surface area (Å²) in [4.78, 5) is 12.3. The zero-order chi connectivity index (χ0) is 20.7. The summed E-state index contributed by atoms with van der Waals surface area (Å²) in [6.45, 7) is 4.22. The van der Waals surface area contributed by atoms with Crippen molar-refractivity contribution in [3.63, 3.8) is 0 Å². The minimum absolute atomic E-state index is 0.259. The van der Waals surface area contributed by atoms with Crippen molar-refractivity contribution in [2.45, 2.75) is 13.8 Å². The molecular weight excluding hydrogens is 380 g/mol. The number of anilines is 1. The predicted molar refractivity (Wildman–Crippen MR) is 110 cm³/mol. The predicted octanol–water partition coefficient (Wildman–Crippen LogP) is 2.27. The third-order valence-electron chi connectivity index (χ3n) is 4.21. The number of carbonyl (C=O) groups excluding carboxylic acids is 1. The van der Waals surface area contributed by atoms with E-state index in [9.17, 15) is 13.2 Å². The van der Waals surface area contributed by atoms with Crippen LogP contribution in [-0.2, 0) is 14.8 Å². The van der Waals surface area contributed by atoms with E-state index in [0.29, 0.717) is 11.4 Å². The molecule has 0 aliphatic rings. The topological polar surface area (TPSA) is 84.9 Å². The number of hydrogen-bond donors (Lipinski definition) is 1. The van der Waals surface area contributed by atoms with Crippen LogP contribution in [0.1, 0.15) is 11.1 Å². The maximum atomic E-state index is 12.3. The van der Waals surface area contributed by atoms with Crippen LogP contribution in [0.5, 0.6) is 11.5 Å². The second-order valence-corrected chi connectivity index (χ2v) is 8.29. The standard InChI is InChI=1S/C20H26N2O5S/c1-15-9-10-17(13-16(15)2)27-12-11-21-20(23)14-22(28(4,24)25)18-7-5-6-8-19(18)26-3/h5-10,13H,11-12,14H2,1-4H3,(H,21,23). The Bertz CT molecular complexity index is 928. The number of carbonyl (C=O) groups is 1. The minimum atomic E-state index is -3.67. The molecule has 28 heavy (non-hydrogen) atoms. The van der Waals surface area contributed by atoms with Gasteiger partial charge in [-0.3, -0.25) is 9.10 Å². The van der Waals surface area contributed by atoms with Crippen molar-refractivity contribution >= 4 is 21.6 Å². The van der Waals surface area contributed by atoms with Crippen molar-refractivity contribution in [1.29, 1.82) is 0 Å². The molecule has 0 aliphatic carbocycles. The van der Waals surface area contributed by atoms with Crippen molar-refractivity contribution in [2.75, 3.05) is 37.4 Å². The van der Waals surface area contributed by atoms with Crippen molar-refractivity contribution in [3.05, 3.63) is 53.6 Å². The number of sulfonamides is 1. The molecule has 0 heterocycles. The van der Waals surface area contributed by atoms with Gasteiger partial charge in [-0.15, -0.1) is 0 Å². The smallest absolute Gasteiger partial charge is 0.240 e. The number of methoxy groups -OCH3 is 1. The van der Waals surface area contributed by atoms with Gasteiger partial charge in [0.05, 0.1) is 25.6 Å². The molecule has 0 saturated carbocycles. The van der Waals surface area contributed by atoms with Gasteiger partial charge in [-0.25, -0.2) is 8.42 Å². The van der Waals surface area contributed by atoms with Gasteiger partial charge in [0.1, 0.15) is 24.7 Å². The largest absolute Gasteiger partial charge is 0.495 e. The van der Waals surface area contributed by atoms with Gasteiger partial charge in [-0.05, 0) is 49.2 Å². The van der Waals surface area contributed by atoms with Crippen molar-refractivity contribution in [1.82, 2.24) is 5.32 Å². The molecule has 1 amide bonds. The molecule has 152 valence electrons. The third-order valence-corrected chi connectivity index (χ3v) is 5.34. The summed E-state index contributed by atoms with van der Waals surface area (Å²) in [7, 11) is -2.22.